The van der Waals surface area contributed by atoms with Crippen LogP contribution in [0.1, 0.15) is 11.3 Å². The fraction of sp³-hybridized carbons (Fsp3) is 0.400. The van der Waals surface area contributed by atoms with Crippen LogP contribution in [0.15, 0.2) is 29.2 Å². The van der Waals surface area contributed by atoms with Crippen LogP contribution in [0.25, 0.3) is 5.65 Å². The van der Waals surface area contributed by atoms with Gasteiger partial charge in [-0.3, -0.25) is 18.9 Å². The third-order valence-corrected chi connectivity index (χ3v) is 3.24. The first-order valence-electron chi connectivity index (χ1n) is 6.98. The number of primary amides is 1. The Hall–Kier alpha value is -2.25. The minimum atomic E-state index is -0.427. The molecule has 2 aromatic rings. The van der Waals surface area contributed by atoms with Gasteiger partial charge in [0.15, 0.2) is 0 Å². The minimum Gasteiger partial charge on any atom is -0.383 e. The largest absolute Gasteiger partial charge is 0.383 e. The van der Waals surface area contributed by atoms with Crippen molar-refractivity contribution in [1.82, 2.24) is 14.3 Å². The van der Waals surface area contributed by atoms with Crippen molar-refractivity contribution in [1.29, 1.82) is 0 Å². The Morgan fingerprint density at radius 3 is 2.91 bits per heavy atom. The maximum atomic E-state index is 12.2. The van der Waals surface area contributed by atoms with Crippen molar-refractivity contribution in [2.24, 2.45) is 5.73 Å². The Balaban J connectivity index is 2.27. The molecule has 2 aromatic heterocycles. The molecule has 0 saturated heterocycles. The molecule has 0 aliphatic heterocycles. The van der Waals surface area contributed by atoms with Gasteiger partial charge < -0.3 is 10.5 Å². The summed E-state index contributed by atoms with van der Waals surface area (Å²) < 4.78 is 6.53. The lowest BCUT2D eigenvalue weighted by Crippen LogP contribution is -2.36. The molecule has 118 valence electrons. The molecule has 22 heavy (non-hydrogen) atoms. The molecule has 0 bridgehead atoms. The molecule has 2 rings (SSSR count). The van der Waals surface area contributed by atoms with Crippen LogP contribution in [0.2, 0.25) is 0 Å². The zero-order valence-corrected chi connectivity index (χ0v) is 12.8. The lowest BCUT2D eigenvalue weighted by atomic mass is 10.3. The van der Waals surface area contributed by atoms with Crippen molar-refractivity contribution in [3.05, 3.63) is 46.0 Å². The van der Waals surface area contributed by atoms with Crippen LogP contribution in [0, 0.1) is 6.92 Å². The zero-order chi connectivity index (χ0) is 16.1. The minimum absolute atomic E-state index is 0.0955. The van der Waals surface area contributed by atoms with Gasteiger partial charge in [-0.15, -0.1) is 0 Å². The summed E-state index contributed by atoms with van der Waals surface area (Å²) in [6, 6.07) is 5.18. The van der Waals surface area contributed by atoms with Crippen LogP contribution in [-0.4, -0.2) is 47.0 Å². The van der Waals surface area contributed by atoms with Crippen molar-refractivity contribution in [2.75, 3.05) is 26.8 Å². The van der Waals surface area contributed by atoms with Gasteiger partial charge in [0.2, 0.25) is 5.91 Å². The molecule has 0 aliphatic carbocycles. The van der Waals surface area contributed by atoms with Crippen molar-refractivity contribution in [3.8, 4) is 0 Å². The molecule has 0 aliphatic rings. The second-order valence-corrected chi connectivity index (χ2v) is 5.19. The third kappa shape index (κ3) is 4.12. The molecule has 2 N–H and O–H groups in total. The maximum absolute atomic E-state index is 12.2. The van der Waals surface area contributed by atoms with E-state index in [1.54, 1.807) is 24.3 Å². The summed E-state index contributed by atoms with van der Waals surface area (Å²) >= 11 is 0. The average Bonchev–Trinajstić information content (AvgIpc) is 2.45. The van der Waals surface area contributed by atoms with Crippen molar-refractivity contribution in [3.63, 3.8) is 0 Å². The Morgan fingerprint density at radius 1 is 1.45 bits per heavy atom. The van der Waals surface area contributed by atoms with Gasteiger partial charge in [0.05, 0.1) is 18.8 Å². The Morgan fingerprint density at radius 2 is 2.23 bits per heavy atom. The summed E-state index contributed by atoms with van der Waals surface area (Å²) in [6.45, 7) is 3.39. The van der Waals surface area contributed by atoms with E-state index in [1.165, 1.54) is 10.5 Å². The number of rotatable bonds is 7. The molecule has 0 radical (unpaired) electrons. The quantitative estimate of drug-likeness (QED) is 0.774. The third-order valence-electron chi connectivity index (χ3n) is 3.24. The van der Waals surface area contributed by atoms with Crippen molar-refractivity contribution in [2.45, 2.75) is 13.5 Å². The van der Waals surface area contributed by atoms with E-state index in [2.05, 4.69) is 4.98 Å². The highest BCUT2D eigenvalue weighted by Crippen LogP contribution is 2.05. The fourth-order valence-electron chi connectivity index (χ4n) is 2.22. The van der Waals surface area contributed by atoms with Gasteiger partial charge in [0, 0.05) is 32.5 Å². The van der Waals surface area contributed by atoms with Crippen LogP contribution < -0.4 is 11.3 Å². The highest BCUT2D eigenvalue weighted by atomic mass is 16.5. The SMILES string of the molecule is COCCN(CC(N)=O)Cc1cc(=O)n2cc(C)ccc2n1. The molecule has 7 heteroatoms. The summed E-state index contributed by atoms with van der Waals surface area (Å²) in [5, 5.41) is 0. The number of carbonyl (C=O) groups is 1. The lowest BCUT2D eigenvalue weighted by molar-refractivity contribution is -0.119. The molecule has 2 heterocycles. The molecular weight excluding hydrogens is 284 g/mol. The number of carbonyl (C=O) groups excluding carboxylic acids is 1. The predicted octanol–water partition coefficient (Wildman–Crippen LogP) is -0.0634. The molecule has 7 nitrogen and oxygen atoms in total. The number of hydrogen-bond acceptors (Lipinski definition) is 5. The Bertz CT molecular complexity index is 726. The molecule has 0 unspecified atom stereocenters. The highest BCUT2D eigenvalue weighted by molar-refractivity contribution is 5.75. The van der Waals surface area contributed by atoms with E-state index in [9.17, 15) is 9.59 Å². The van der Waals surface area contributed by atoms with E-state index in [4.69, 9.17) is 10.5 Å². The smallest absolute Gasteiger partial charge is 0.258 e. The number of fused-ring (bicyclic) bond motifs is 1. The van der Waals surface area contributed by atoms with Gasteiger partial charge >= 0.3 is 0 Å². The van der Waals surface area contributed by atoms with Gasteiger partial charge in [0.25, 0.3) is 5.56 Å². The van der Waals surface area contributed by atoms with E-state index in [1.807, 2.05) is 13.0 Å². The molecule has 0 saturated carbocycles. The highest BCUT2D eigenvalue weighted by Gasteiger charge is 2.11. The Kier molecular flexibility index (Phi) is 5.24. The second kappa shape index (κ2) is 7.15. The van der Waals surface area contributed by atoms with Gasteiger partial charge in [0.1, 0.15) is 5.65 Å². The summed E-state index contributed by atoms with van der Waals surface area (Å²) in [4.78, 5) is 29.6. The van der Waals surface area contributed by atoms with Crippen LogP contribution in [0.3, 0.4) is 0 Å². The summed E-state index contributed by atoms with van der Waals surface area (Å²) in [6.07, 6.45) is 1.75. The first-order chi connectivity index (χ1) is 10.5. The number of aryl methyl sites for hydroxylation is 1. The summed E-state index contributed by atoms with van der Waals surface area (Å²) in [5.74, 6) is -0.427. The van der Waals surface area contributed by atoms with Gasteiger partial charge in [-0.1, -0.05) is 6.07 Å². The molecule has 0 fully saturated rings. The topological polar surface area (TPSA) is 89.9 Å². The van der Waals surface area contributed by atoms with Crippen LogP contribution >= 0.6 is 0 Å². The fourth-order valence-corrected chi connectivity index (χ4v) is 2.22. The van der Waals surface area contributed by atoms with E-state index < -0.39 is 5.91 Å². The van der Waals surface area contributed by atoms with Gasteiger partial charge in [-0.2, -0.15) is 0 Å². The lowest BCUT2D eigenvalue weighted by Gasteiger charge is -2.19. The number of nitrogens with zero attached hydrogens (tertiary/aromatic N) is 3. The van der Waals surface area contributed by atoms with Crippen LogP contribution in [-0.2, 0) is 16.1 Å². The number of hydrogen-bond donors (Lipinski definition) is 1. The number of nitrogens with two attached hydrogens (primary N) is 1. The zero-order valence-electron chi connectivity index (χ0n) is 12.8. The molecule has 0 spiro atoms. The van der Waals surface area contributed by atoms with E-state index in [0.717, 1.165) is 5.56 Å². The number of pyridine rings is 1. The van der Waals surface area contributed by atoms with E-state index in [-0.39, 0.29) is 12.1 Å². The first-order valence-corrected chi connectivity index (χ1v) is 6.98. The maximum Gasteiger partial charge on any atom is 0.258 e. The van der Waals surface area contributed by atoms with Crippen LogP contribution in [0.5, 0.6) is 0 Å². The van der Waals surface area contributed by atoms with Gasteiger partial charge in [-0.25, -0.2) is 4.98 Å². The number of ether oxygens (including phenoxy) is 1. The van der Waals surface area contributed by atoms with Crippen molar-refractivity contribution < 1.29 is 9.53 Å². The van der Waals surface area contributed by atoms with E-state index >= 15 is 0 Å². The van der Waals surface area contributed by atoms with E-state index in [0.29, 0.717) is 31.0 Å². The monoisotopic (exact) mass is 304 g/mol. The Labute approximate surface area is 128 Å². The second-order valence-electron chi connectivity index (χ2n) is 5.19. The normalized spacial score (nSPS) is 11.2. The predicted molar refractivity (Wildman–Crippen MR) is 82.5 cm³/mol. The molecule has 1 amide bonds. The molecule has 0 atom stereocenters. The van der Waals surface area contributed by atoms with Crippen LogP contribution in [0.4, 0.5) is 0 Å². The summed E-state index contributed by atoms with van der Waals surface area (Å²) in [7, 11) is 1.59. The summed E-state index contributed by atoms with van der Waals surface area (Å²) in [5.41, 5.74) is 7.28. The number of amides is 1. The number of aromatic nitrogens is 2. The standard InChI is InChI=1S/C15H20N4O3/c1-11-3-4-14-17-12(7-15(21)19(14)8-11)9-18(5-6-22-2)10-13(16)20/h3-4,7-8H,5-6,9-10H2,1-2H3,(H2,16,20). The number of methoxy groups -OCH3 is 1. The van der Waals surface area contributed by atoms with Gasteiger partial charge in [-0.05, 0) is 18.6 Å². The molecular formula is C15H20N4O3. The van der Waals surface area contributed by atoms with Crippen molar-refractivity contribution >= 4 is 11.6 Å². The molecule has 0 aromatic carbocycles. The first kappa shape index (κ1) is 16.1. The average molecular weight is 304 g/mol.